The highest BCUT2D eigenvalue weighted by Crippen LogP contribution is 2.37. The van der Waals surface area contributed by atoms with Crippen LogP contribution in [0.15, 0.2) is 35.7 Å². The molecule has 0 radical (unpaired) electrons. The Kier molecular flexibility index (Phi) is 4.49. The van der Waals surface area contributed by atoms with Crippen LogP contribution >= 0.6 is 11.3 Å². The van der Waals surface area contributed by atoms with Gasteiger partial charge in [0.05, 0.1) is 17.1 Å². The van der Waals surface area contributed by atoms with Gasteiger partial charge in [-0.15, -0.1) is 11.3 Å². The highest BCUT2D eigenvalue weighted by Gasteiger charge is 2.23. The van der Waals surface area contributed by atoms with Crippen molar-refractivity contribution in [2.24, 2.45) is 5.92 Å². The molecule has 0 bridgehead atoms. The predicted molar refractivity (Wildman–Crippen MR) is 87.0 cm³/mol. The maximum atomic E-state index is 12.2. The fourth-order valence-corrected chi connectivity index (χ4v) is 4.11. The zero-order valence-corrected chi connectivity index (χ0v) is 13.2. The highest BCUT2D eigenvalue weighted by atomic mass is 32.1. The molecule has 1 aliphatic carbocycles. The van der Waals surface area contributed by atoms with Crippen molar-refractivity contribution in [1.29, 1.82) is 0 Å². The summed E-state index contributed by atoms with van der Waals surface area (Å²) in [4.78, 5) is 16.9. The lowest BCUT2D eigenvalue weighted by Gasteiger charge is -2.24. The normalized spacial score (nSPS) is 22.1. The second kappa shape index (κ2) is 6.52. The van der Waals surface area contributed by atoms with Gasteiger partial charge < -0.3 is 0 Å². The molecule has 1 fully saturated rings. The molecule has 3 heteroatoms. The minimum atomic E-state index is 0.157. The van der Waals surface area contributed by atoms with Gasteiger partial charge in [0.15, 0.2) is 5.78 Å². The number of hydrogen-bond acceptors (Lipinski definition) is 3. The summed E-state index contributed by atoms with van der Waals surface area (Å²) in [6, 6.07) is 9.49. The number of rotatable bonds is 4. The molecule has 1 aromatic carbocycles. The summed E-state index contributed by atoms with van der Waals surface area (Å²) in [5, 5.41) is 3.30. The summed E-state index contributed by atoms with van der Waals surface area (Å²) in [6.45, 7) is 2.33. The lowest BCUT2D eigenvalue weighted by Crippen LogP contribution is -2.11. The second-order valence-electron chi connectivity index (χ2n) is 6.11. The van der Waals surface area contributed by atoms with E-state index in [0.29, 0.717) is 12.3 Å². The first-order valence-electron chi connectivity index (χ1n) is 7.75. The lowest BCUT2D eigenvalue weighted by molar-refractivity contribution is 0.0992. The highest BCUT2D eigenvalue weighted by molar-refractivity contribution is 7.09. The van der Waals surface area contributed by atoms with E-state index in [1.54, 1.807) is 11.3 Å². The maximum Gasteiger partial charge on any atom is 0.168 e. The molecule has 0 spiro atoms. The van der Waals surface area contributed by atoms with Crippen molar-refractivity contribution in [1.82, 2.24) is 4.98 Å². The Morgan fingerprint density at radius 3 is 2.86 bits per heavy atom. The number of carbonyl (C=O) groups excluding carboxylic acids is 1. The molecule has 0 aliphatic heterocycles. The Bertz CT molecular complexity index is 605. The first-order valence-corrected chi connectivity index (χ1v) is 8.63. The first kappa shape index (κ1) is 14.5. The van der Waals surface area contributed by atoms with Crippen molar-refractivity contribution < 1.29 is 4.79 Å². The SMILES string of the molecule is CC1CCCC(c2nc(CC(=O)c3ccccc3)cs2)C1. The number of aromatic nitrogens is 1. The van der Waals surface area contributed by atoms with Crippen LogP contribution in [0.3, 0.4) is 0 Å². The Morgan fingerprint density at radius 1 is 1.29 bits per heavy atom. The molecule has 2 unspecified atom stereocenters. The zero-order chi connectivity index (χ0) is 14.7. The summed E-state index contributed by atoms with van der Waals surface area (Å²) in [6.07, 6.45) is 5.58. The molecular weight excluding hydrogens is 278 g/mol. The minimum absolute atomic E-state index is 0.157. The number of carbonyl (C=O) groups is 1. The Hall–Kier alpha value is -1.48. The van der Waals surface area contributed by atoms with Crippen molar-refractivity contribution >= 4 is 17.1 Å². The van der Waals surface area contributed by atoms with Crippen LogP contribution in [-0.2, 0) is 6.42 Å². The third-order valence-corrected chi connectivity index (χ3v) is 5.35. The van der Waals surface area contributed by atoms with Crippen molar-refractivity contribution in [2.75, 3.05) is 0 Å². The van der Waals surface area contributed by atoms with Gasteiger partial charge in [0.25, 0.3) is 0 Å². The third-order valence-electron chi connectivity index (χ3n) is 4.29. The topological polar surface area (TPSA) is 30.0 Å². The van der Waals surface area contributed by atoms with Gasteiger partial charge in [-0.05, 0) is 18.8 Å². The molecule has 1 aromatic heterocycles. The molecule has 3 rings (SSSR count). The van der Waals surface area contributed by atoms with E-state index in [-0.39, 0.29) is 5.78 Å². The van der Waals surface area contributed by atoms with Crippen LogP contribution < -0.4 is 0 Å². The monoisotopic (exact) mass is 299 g/mol. The predicted octanol–water partition coefficient (Wildman–Crippen LogP) is 4.86. The first-order chi connectivity index (χ1) is 10.2. The quantitative estimate of drug-likeness (QED) is 0.754. The van der Waals surface area contributed by atoms with E-state index in [1.165, 1.54) is 30.7 Å². The average Bonchev–Trinajstić information content (AvgIpc) is 2.97. The van der Waals surface area contributed by atoms with E-state index in [9.17, 15) is 4.79 Å². The summed E-state index contributed by atoms with van der Waals surface area (Å²) in [5.41, 5.74) is 1.71. The molecule has 1 aliphatic rings. The molecule has 0 saturated heterocycles. The Labute approximate surface area is 130 Å². The van der Waals surface area contributed by atoms with Gasteiger partial charge in [-0.25, -0.2) is 4.98 Å². The number of Topliss-reactive ketones (excluding diaryl/α,β-unsaturated/α-hetero) is 1. The van der Waals surface area contributed by atoms with Gasteiger partial charge in [-0.2, -0.15) is 0 Å². The summed E-state index contributed by atoms with van der Waals surface area (Å²) >= 11 is 1.73. The Morgan fingerprint density at radius 2 is 2.10 bits per heavy atom. The van der Waals surface area contributed by atoms with Crippen molar-refractivity contribution in [3.63, 3.8) is 0 Å². The molecule has 2 nitrogen and oxygen atoms in total. The average molecular weight is 299 g/mol. The molecule has 0 N–H and O–H groups in total. The number of benzene rings is 1. The van der Waals surface area contributed by atoms with Gasteiger partial charge in [-0.3, -0.25) is 4.79 Å². The van der Waals surface area contributed by atoms with E-state index in [4.69, 9.17) is 4.98 Å². The second-order valence-corrected chi connectivity index (χ2v) is 7.00. The number of hydrogen-bond donors (Lipinski definition) is 0. The molecule has 110 valence electrons. The summed E-state index contributed by atoms with van der Waals surface area (Å²) in [7, 11) is 0. The molecule has 2 atom stereocenters. The fourth-order valence-electron chi connectivity index (χ4n) is 3.14. The smallest absolute Gasteiger partial charge is 0.168 e. The lowest BCUT2D eigenvalue weighted by atomic mass is 9.83. The largest absolute Gasteiger partial charge is 0.294 e. The van der Waals surface area contributed by atoms with Gasteiger partial charge >= 0.3 is 0 Å². The van der Waals surface area contributed by atoms with Crippen LogP contribution in [0.4, 0.5) is 0 Å². The zero-order valence-electron chi connectivity index (χ0n) is 12.4. The van der Waals surface area contributed by atoms with Crippen molar-refractivity contribution in [2.45, 2.75) is 44.9 Å². The van der Waals surface area contributed by atoms with Gasteiger partial charge in [0, 0.05) is 16.9 Å². The number of thiazole rings is 1. The molecule has 0 amide bonds. The minimum Gasteiger partial charge on any atom is -0.294 e. The van der Waals surface area contributed by atoms with Crippen LogP contribution in [0.2, 0.25) is 0 Å². The fraction of sp³-hybridized carbons (Fsp3) is 0.444. The molecule has 1 saturated carbocycles. The standard InChI is InChI=1S/C18H21NOS/c1-13-6-5-9-15(10-13)18-19-16(12-21-18)11-17(20)14-7-3-2-4-8-14/h2-4,7-8,12-13,15H,5-6,9-11H2,1H3. The van der Waals surface area contributed by atoms with Crippen LogP contribution in [0.25, 0.3) is 0 Å². The summed E-state index contributed by atoms with van der Waals surface area (Å²) < 4.78 is 0. The molecular formula is C18H21NOS. The van der Waals surface area contributed by atoms with Crippen LogP contribution in [-0.4, -0.2) is 10.8 Å². The van der Waals surface area contributed by atoms with Crippen LogP contribution in [0, 0.1) is 5.92 Å². The van der Waals surface area contributed by atoms with Crippen LogP contribution in [0.5, 0.6) is 0 Å². The van der Waals surface area contributed by atoms with E-state index in [0.717, 1.165) is 17.2 Å². The molecule has 21 heavy (non-hydrogen) atoms. The number of ketones is 1. The van der Waals surface area contributed by atoms with E-state index in [2.05, 4.69) is 12.3 Å². The van der Waals surface area contributed by atoms with Gasteiger partial charge in [-0.1, -0.05) is 50.1 Å². The third kappa shape index (κ3) is 3.59. The number of nitrogens with zero attached hydrogens (tertiary/aromatic N) is 1. The van der Waals surface area contributed by atoms with Gasteiger partial charge in [0.1, 0.15) is 0 Å². The van der Waals surface area contributed by atoms with Crippen molar-refractivity contribution in [3.8, 4) is 0 Å². The molecule has 1 heterocycles. The van der Waals surface area contributed by atoms with E-state index in [1.807, 2.05) is 30.3 Å². The molecule has 2 aromatic rings. The Balaban J connectivity index is 1.66. The van der Waals surface area contributed by atoms with E-state index >= 15 is 0 Å². The van der Waals surface area contributed by atoms with E-state index < -0.39 is 0 Å². The van der Waals surface area contributed by atoms with Gasteiger partial charge in [0.2, 0.25) is 0 Å². The summed E-state index contributed by atoms with van der Waals surface area (Å²) in [5.74, 6) is 1.57. The van der Waals surface area contributed by atoms with Crippen molar-refractivity contribution in [3.05, 3.63) is 52.0 Å². The maximum absolute atomic E-state index is 12.2. The van der Waals surface area contributed by atoms with Crippen LogP contribution in [0.1, 0.15) is 59.6 Å².